The van der Waals surface area contributed by atoms with Crippen molar-refractivity contribution in [3.05, 3.63) is 57.6 Å². The van der Waals surface area contributed by atoms with E-state index in [4.69, 9.17) is 10.8 Å². The molecule has 104 valence electrons. The van der Waals surface area contributed by atoms with E-state index in [1.807, 2.05) is 31.2 Å². The number of thioether (sulfide) groups is 1. The second-order valence-corrected chi connectivity index (χ2v) is 6.31. The fourth-order valence-electron chi connectivity index (χ4n) is 1.75. The highest BCUT2D eigenvalue weighted by atomic mass is 79.9. The molecular formula is C15H14BrNO2S. The molecular weight excluding hydrogens is 338 g/mol. The lowest BCUT2D eigenvalue weighted by molar-refractivity contribution is 0.0697. The van der Waals surface area contributed by atoms with E-state index in [-0.39, 0.29) is 5.56 Å². The van der Waals surface area contributed by atoms with Crippen LogP contribution in [0.5, 0.6) is 0 Å². The van der Waals surface area contributed by atoms with Gasteiger partial charge in [-0.2, -0.15) is 0 Å². The number of aryl methyl sites for hydroxylation is 1. The van der Waals surface area contributed by atoms with Crippen molar-refractivity contribution < 1.29 is 9.90 Å². The zero-order valence-electron chi connectivity index (χ0n) is 10.9. The van der Waals surface area contributed by atoms with E-state index in [1.54, 1.807) is 23.9 Å². The van der Waals surface area contributed by atoms with Crippen molar-refractivity contribution in [3.63, 3.8) is 0 Å². The molecule has 0 radical (unpaired) electrons. The second-order valence-electron chi connectivity index (χ2n) is 4.44. The van der Waals surface area contributed by atoms with Gasteiger partial charge in [0.05, 0.1) is 5.56 Å². The third kappa shape index (κ3) is 3.55. The standard InChI is InChI=1S/C15H14BrNO2S/c1-9-2-5-14(13(17)6-9)20-8-11-4-3-10(15(18)19)7-12(11)16/h2-7H,8,17H2,1H3,(H,18,19). The van der Waals surface area contributed by atoms with Gasteiger partial charge in [-0.25, -0.2) is 4.79 Å². The molecule has 5 heteroatoms. The summed E-state index contributed by atoms with van der Waals surface area (Å²) >= 11 is 5.05. The van der Waals surface area contributed by atoms with Gasteiger partial charge < -0.3 is 10.8 Å². The summed E-state index contributed by atoms with van der Waals surface area (Å²) in [6, 6.07) is 11.0. The Morgan fingerprint density at radius 2 is 2.05 bits per heavy atom. The molecule has 0 aromatic heterocycles. The van der Waals surface area contributed by atoms with E-state index < -0.39 is 5.97 Å². The highest BCUT2D eigenvalue weighted by Crippen LogP contribution is 2.31. The number of anilines is 1. The molecule has 0 bridgehead atoms. The van der Waals surface area contributed by atoms with Crippen LogP contribution in [0.3, 0.4) is 0 Å². The summed E-state index contributed by atoms with van der Waals surface area (Å²) in [5.41, 5.74) is 9.21. The van der Waals surface area contributed by atoms with Gasteiger partial charge in [0.25, 0.3) is 0 Å². The summed E-state index contributed by atoms with van der Waals surface area (Å²) in [4.78, 5) is 11.9. The largest absolute Gasteiger partial charge is 0.478 e. The zero-order valence-corrected chi connectivity index (χ0v) is 13.3. The number of benzene rings is 2. The minimum absolute atomic E-state index is 0.278. The summed E-state index contributed by atoms with van der Waals surface area (Å²) in [5.74, 6) is -0.194. The van der Waals surface area contributed by atoms with Crippen LogP contribution in [-0.2, 0) is 5.75 Å². The third-order valence-electron chi connectivity index (χ3n) is 2.85. The first-order valence-corrected chi connectivity index (χ1v) is 7.76. The number of aromatic carboxylic acids is 1. The molecule has 2 aromatic carbocycles. The summed E-state index contributed by atoms with van der Waals surface area (Å²) in [7, 11) is 0. The minimum atomic E-state index is -0.923. The second kappa shape index (κ2) is 6.33. The van der Waals surface area contributed by atoms with Crippen molar-refractivity contribution >= 4 is 39.3 Å². The van der Waals surface area contributed by atoms with Crippen LogP contribution in [0.4, 0.5) is 5.69 Å². The van der Waals surface area contributed by atoms with Crippen LogP contribution < -0.4 is 5.73 Å². The molecule has 0 saturated heterocycles. The number of halogens is 1. The van der Waals surface area contributed by atoms with Gasteiger partial charge in [0.2, 0.25) is 0 Å². The molecule has 0 heterocycles. The van der Waals surface area contributed by atoms with Crippen molar-refractivity contribution in [1.82, 2.24) is 0 Å². The van der Waals surface area contributed by atoms with E-state index >= 15 is 0 Å². The highest BCUT2D eigenvalue weighted by molar-refractivity contribution is 9.10. The Hall–Kier alpha value is -1.46. The maximum atomic E-state index is 10.9. The first-order chi connectivity index (χ1) is 9.47. The third-order valence-corrected chi connectivity index (χ3v) is 4.72. The number of carboxylic acids is 1. The van der Waals surface area contributed by atoms with Crippen LogP contribution in [0.15, 0.2) is 45.8 Å². The average Bonchev–Trinajstić information content (AvgIpc) is 2.38. The van der Waals surface area contributed by atoms with E-state index in [1.165, 1.54) is 0 Å². The number of hydrogen-bond donors (Lipinski definition) is 2. The minimum Gasteiger partial charge on any atom is -0.478 e. The summed E-state index contributed by atoms with van der Waals surface area (Å²) in [6.07, 6.45) is 0. The smallest absolute Gasteiger partial charge is 0.335 e. The molecule has 0 amide bonds. The lowest BCUT2D eigenvalue weighted by Crippen LogP contribution is -1.97. The van der Waals surface area contributed by atoms with E-state index in [0.717, 1.165) is 31.9 Å². The Morgan fingerprint density at radius 1 is 1.30 bits per heavy atom. The van der Waals surface area contributed by atoms with Crippen molar-refractivity contribution in [1.29, 1.82) is 0 Å². The van der Waals surface area contributed by atoms with Gasteiger partial charge >= 0.3 is 5.97 Å². The fourth-order valence-corrected chi connectivity index (χ4v) is 3.41. The highest BCUT2D eigenvalue weighted by Gasteiger charge is 2.08. The Bertz CT molecular complexity index is 658. The Kier molecular flexibility index (Phi) is 4.73. The lowest BCUT2D eigenvalue weighted by atomic mass is 10.1. The zero-order chi connectivity index (χ0) is 14.7. The molecule has 2 rings (SSSR count). The topological polar surface area (TPSA) is 63.3 Å². The molecule has 0 atom stereocenters. The molecule has 0 fully saturated rings. The molecule has 2 aromatic rings. The van der Waals surface area contributed by atoms with Crippen LogP contribution in [-0.4, -0.2) is 11.1 Å². The molecule has 0 aliphatic carbocycles. The van der Waals surface area contributed by atoms with E-state index in [0.29, 0.717) is 0 Å². The average molecular weight is 352 g/mol. The van der Waals surface area contributed by atoms with Crippen molar-refractivity contribution in [2.24, 2.45) is 0 Å². The monoisotopic (exact) mass is 351 g/mol. The van der Waals surface area contributed by atoms with Crippen LogP contribution >= 0.6 is 27.7 Å². The van der Waals surface area contributed by atoms with Gasteiger partial charge in [-0.3, -0.25) is 0 Å². The van der Waals surface area contributed by atoms with Gasteiger partial charge in [-0.1, -0.05) is 28.1 Å². The lowest BCUT2D eigenvalue weighted by Gasteiger charge is -2.08. The molecule has 0 saturated carbocycles. The van der Waals surface area contributed by atoms with E-state index in [9.17, 15) is 4.79 Å². The normalized spacial score (nSPS) is 10.5. The fraction of sp³-hybridized carbons (Fsp3) is 0.133. The van der Waals surface area contributed by atoms with Gasteiger partial charge in [0.1, 0.15) is 0 Å². The summed E-state index contributed by atoms with van der Waals surface area (Å²) in [5, 5.41) is 8.93. The summed E-state index contributed by atoms with van der Waals surface area (Å²) < 4.78 is 0.801. The Balaban J connectivity index is 2.13. The van der Waals surface area contributed by atoms with Crippen LogP contribution in [0.25, 0.3) is 0 Å². The SMILES string of the molecule is Cc1ccc(SCc2ccc(C(=O)O)cc2Br)c(N)c1. The number of carbonyl (C=O) groups is 1. The van der Waals surface area contributed by atoms with Crippen LogP contribution in [0.1, 0.15) is 21.5 Å². The predicted molar refractivity (Wildman–Crippen MR) is 86.3 cm³/mol. The van der Waals surface area contributed by atoms with Crippen molar-refractivity contribution in [2.45, 2.75) is 17.6 Å². The van der Waals surface area contributed by atoms with Gasteiger partial charge in [-0.05, 0) is 42.3 Å². The first-order valence-electron chi connectivity index (χ1n) is 5.98. The Labute approximate surface area is 130 Å². The number of rotatable bonds is 4. The van der Waals surface area contributed by atoms with Crippen molar-refractivity contribution in [2.75, 3.05) is 5.73 Å². The molecule has 0 aliphatic heterocycles. The number of nitrogens with two attached hydrogens (primary N) is 1. The molecule has 3 N–H and O–H groups in total. The van der Waals surface area contributed by atoms with Gasteiger partial charge in [0.15, 0.2) is 0 Å². The van der Waals surface area contributed by atoms with Crippen LogP contribution in [0.2, 0.25) is 0 Å². The molecule has 0 aliphatic rings. The summed E-state index contributed by atoms with van der Waals surface area (Å²) in [6.45, 7) is 2.01. The molecule has 3 nitrogen and oxygen atoms in total. The quantitative estimate of drug-likeness (QED) is 0.635. The maximum Gasteiger partial charge on any atom is 0.335 e. The molecule has 20 heavy (non-hydrogen) atoms. The Morgan fingerprint density at radius 3 is 2.65 bits per heavy atom. The molecule has 0 spiro atoms. The van der Waals surface area contributed by atoms with E-state index in [2.05, 4.69) is 15.9 Å². The number of hydrogen-bond acceptors (Lipinski definition) is 3. The van der Waals surface area contributed by atoms with Crippen LogP contribution in [0, 0.1) is 6.92 Å². The maximum absolute atomic E-state index is 10.9. The predicted octanol–water partition coefficient (Wildman–Crippen LogP) is 4.33. The number of nitrogen functional groups attached to an aromatic ring is 1. The van der Waals surface area contributed by atoms with Crippen molar-refractivity contribution in [3.8, 4) is 0 Å². The van der Waals surface area contributed by atoms with Gasteiger partial charge in [-0.15, -0.1) is 11.8 Å². The first kappa shape index (κ1) is 14.9. The van der Waals surface area contributed by atoms with Gasteiger partial charge in [0, 0.05) is 20.8 Å². The number of carboxylic acid groups (broad SMARTS) is 1. The molecule has 0 unspecified atom stereocenters.